The van der Waals surface area contributed by atoms with Crippen molar-refractivity contribution >= 4 is 17.4 Å². The van der Waals surface area contributed by atoms with Crippen LogP contribution in [0.4, 0.5) is 5.82 Å². The third kappa shape index (κ3) is 2.09. The van der Waals surface area contributed by atoms with Gasteiger partial charge in [0, 0.05) is 18.0 Å². The highest BCUT2D eigenvalue weighted by atomic mass is 35.5. The molecule has 108 valence electrons. The van der Waals surface area contributed by atoms with Crippen molar-refractivity contribution < 1.29 is 4.74 Å². The average Bonchev–Trinajstić information content (AvgIpc) is 3.19. The van der Waals surface area contributed by atoms with Crippen LogP contribution in [-0.4, -0.2) is 35.3 Å². The van der Waals surface area contributed by atoms with Crippen molar-refractivity contribution in [3.63, 3.8) is 0 Å². The van der Waals surface area contributed by atoms with Crippen molar-refractivity contribution in [2.24, 2.45) is 0 Å². The van der Waals surface area contributed by atoms with Crippen molar-refractivity contribution in [1.29, 1.82) is 0 Å². The number of ether oxygens (including phenoxy) is 1. The van der Waals surface area contributed by atoms with Crippen LogP contribution in [0.1, 0.15) is 49.4 Å². The number of nitrogens with zero attached hydrogens (tertiary/aromatic N) is 3. The van der Waals surface area contributed by atoms with Gasteiger partial charge in [0.15, 0.2) is 0 Å². The number of anilines is 1. The molecule has 1 aliphatic heterocycles. The Hall–Kier alpha value is -0.870. The Balaban J connectivity index is 1.72. The minimum absolute atomic E-state index is 0.376. The summed E-state index contributed by atoms with van der Waals surface area (Å²) in [6.07, 6.45) is 6.40. The highest BCUT2D eigenvalue weighted by molar-refractivity contribution is 6.30. The lowest BCUT2D eigenvalue weighted by Gasteiger charge is -2.39. The summed E-state index contributed by atoms with van der Waals surface area (Å²) < 4.78 is 5.90. The second-order valence-electron chi connectivity index (χ2n) is 6.20. The molecule has 1 saturated heterocycles. The molecule has 1 aromatic rings. The fourth-order valence-corrected chi connectivity index (χ4v) is 3.66. The lowest BCUT2D eigenvalue weighted by atomic mass is 10.1. The van der Waals surface area contributed by atoms with Gasteiger partial charge in [-0.1, -0.05) is 11.6 Å². The van der Waals surface area contributed by atoms with Crippen molar-refractivity contribution in [2.45, 2.75) is 57.1 Å². The van der Waals surface area contributed by atoms with Crippen LogP contribution >= 0.6 is 11.6 Å². The first-order valence-corrected chi connectivity index (χ1v) is 8.04. The number of rotatable bonds is 2. The highest BCUT2D eigenvalue weighted by Crippen LogP contribution is 2.41. The Bertz CT molecular complexity index is 532. The molecular formula is C15H20ClN3O. The molecular weight excluding hydrogens is 274 g/mol. The van der Waals surface area contributed by atoms with Crippen LogP contribution in [0.15, 0.2) is 0 Å². The zero-order valence-corrected chi connectivity index (χ0v) is 12.6. The van der Waals surface area contributed by atoms with E-state index in [1.807, 2.05) is 6.92 Å². The van der Waals surface area contributed by atoms with Gasteiger partial charge in [-0.15, -0.1) is 0 Å². The smallest absolute Gasteiger partial charge is 0.137 e. The molecule has 0 N–H and O–H groups in total. The van der Waals surface area contributed by atoms with E-state index >= 15 is 0 Å². The number of morpholine rings is 1. The summed E-state index contributed by atoms with van der Waals surface area (Å²) in [7, 11) is 0. The van der Waals surface area contributed by atoms with Gasteiger partial charge in [-0.25, -0.2) is 9.97 Å². The molecule has 0 aromatic carbocycles. The van der Waals surface area contributed by atoms with E-state index in [2.05, 4.69) is 9.88 Å². The van der Waals surface area contributed by atoms with E-state index < -0.39 is 0 Å². The number of fused-ring (bicyclic) bond motifs is 1. The molecule has 0 bridgehead atoms. The molecule has 20 heavy (non-hydrogen) atoms. The minimum Gasteiger partial charge on any atom is -0.374 e. The van der Waals surface area contributed by atoms with Crippen molar-refractivity contribution in [1.82, 2.24) is 9.97 Å². The van der Waals surface area contributed by atoms with Crippen LogP contribution in [0.25, 0.3) is 0 Å². The van der Waals surface area contributed by atoms with Gasteiger partial charge in [0.2, 0.25) is 0 Å². The molecule has 0 spiro atoms. The summed E-state index contributed by atoms with van der Waals surface area (Å²) in [6.45, 7) is 3.74. The van der Waals surface area contributed by atoms with Gasteiger partial charge in [-0.2, -0.15) is 0 Å². The van der Waals surface area contributed by atoms with Crippen LogP contribution in [0.5, 0.6) is 0 Å². The van der Waals surface area contributed by atoms with E-state index in [1.54, 1.807) is 0 Å². The van der Waals surface area contributed by atoms with Crippen molar-refractivity contribution in [2.75, 3.05) is 18.1 Å². The van der Waals surface area contributed by atoms with Gasteiger partial charge in [0.25, 0.3) is 0 Å². The van der Waals surface area contributed by atoms with Crippen LogP contribution in [-0.2, 0) is 4.74 Å². The first kappa shape index (κ1) is 12.8. The summed E-state index contributed by atoms with van der Waals surface area (Å²) in [6, 6.07) is 0.473. The molecule has 2 heterocycles. The molecule has 2 unspecified atom stereocenters. The molecule has 3 fully saturated rings. The highest BCUT2D eigenvalue weighted by Gasteiger charge is 2.38. The monoisotopic (exact) mass is 293 g/mol. The van der Waals surface area contributed by atoms with Gasteiger partial charge in [0.05, 0.1) is 18.8 Å². The lowest BCUT2D eigenvalue weighted by molar-refractivity contribution is 0.0252. The molecule has 3 aliphatic rings. The van der Waals surface area contributed by atoms with Crippen LogP contribution < -0.4 is 4.90 Å². The molecule has 4 rings (SSSR count). The third-order valence-corrected chi connectivity index (χ3v) is 5.14. The van der Waals surface area contributed by atoms with Crippen molar-refractivity contribution in [3.05, 3.63) is 16.5 Å². The van der Waals surface area contributed by atoms with Gasteiger partial charge in [-0.05, 0) is 39.0 Å². The number of hydrogen-bond donors (Lipinski definition) is 0. The molecule has 0 amide bonds. The van der Waals surface area contributed by atoms with E-state index in [9.17, 15) is 0 Å². The van der Waals surface area contributed by atoms with Gasteiger partial charge in [-0.3, -0.25) is 0 Å². The Morgan fingerprint density at radius 3 is 2.85 bits per heavy atom. The van der Waals surface area contributed by atoms with Gasteiger partial charge < -0.3 is 9.64 Å². The maximum atomic E-state index is 6.34. The third-order valence-electron chi connectivity index (χ3n) is 4.77. The molecule has 5 heteroatoms. The Morgan fingerprint density at radius 2 is 2.05 bits per heavy atom. The fourth-order valence-electron chi connectivity index (χ4n) is 3.49. The first-order chi connectivity index (χ1) is 9.74. The number of halogens is 1. The van der Waals surface area contributed by atoms with Crippen LogP contribution in [0.2, 0.25) is 5.15 Å². The Labute approximate surface area is 124 Å². The number of hydrogen-bond acceptors (Lipinski definition) is 4. The average molecular weight is 294 g/mol. The summed E-state index contributed by atoms with van der Waals surface area (Å²) in [4.78, 5) is 11.8. The van der Waals surface area contributed by atoms with E-state index in [-0.39, 0.29) is 0 Å². The summed E-state index contributed by atoms with van der Waals surface area (Å²) >= 11 is 6.34. The second kappa shape index (κ2) is 4.85. The largest absolute Gasteiger partial charge is 0.374 e. The molecule has 1 aromatic heterocycles. The molecule has 2 atom stereocenters. The quantitative estimate of drug-likeness (QED) is 0.786. The van der Waals surface area contributed by atoms with E-state index in [0.29, 0.717) is 23.2 Å². The predicted molar refractivity (Wildman–Crippen MR) is 78.5 cm³/mol. The van der Waals surface area contributed by atoms with E-state index in [4.69, 9.17) is 21.3 Å². The minimum atomic E-state index is 0.376. The zero-order valence-electron chi connectivity index (χ0n) is 11.8. The van der Waals surface area contributed by atoms with Crippen LogP contribution in [0, 0.1) is 6.92 Å². The number of aromatic nitrogens is 2. The molecule has 2 aliphatic carbocycles. The molecule has 2 saturated carbocycles. The summed E-state index contributed by atoms with van der Waals surface area (Å²) in [5.74, 6) is 2.52. The van der Waals surface area contributed by atoms with E-state index in [0.717, 1.165) is 30.4 Å². The fraction of sp³-hybridized carbons (Fsp3) is 0.733. The topological polar surface area (TPSA) is 38.2 Å². The maximum Gasteiger partial charge on any atom is 0.137 e. The molecule has 4 nitrogen and oxygen atoms in total. The van der Waals surface area contributed by atoms with Crippen molar-refractivity contribution in [3.8, 4) is 0 Å². The van der Waals surface area contributed by atoms with Crippen LogP contribution in [0.3, 0.4) is 0 Å². The Morgan fingerprint density at radius 1 is 1.20 bits per heavy atom. The summed E-state index contributed by atoms with van der Waals surface area (Å²) in [5, 5.41) is 0.623. The lowest BCUT2D eigenvalue weighted by Crippen LogP contribution is -2.49. The van der Waals surface area contributed by atoms with E-state index in [1.165, 1.54) is 32.1 Å². The van der Waals surface area contributed by atoms with Gasteiger partial charge >= 0.3 is 0 Å². The zero-order chi connectivity index (χ0) is 13.7. The summed E-state index contributed by atoms with van der Waals surface area (Å²) in [5.41, 5.74) is 1.02. The predicted octanol–water partition coefficient (Wildman–Crippen LogP) is 3.07. The Kier molecular flexibility index (Phi) is 3.11. The normalized spacial score (nSPS) is 29.6. The molecule has 0 radical (unpaired) electrons. The van der Waals surface area contributed by atoms with Gasteiger partial charge in [0.1, 0.15) is 16.8 Å². The SMILES string of the molecule is Cc1c(Cl)nc(C2CC2)nc1N1CCOC2CCCC21. The first-order valence-electron chi connectivity index (χ1n) is 7.66. The maximum absolute atomic E-state index is 6.34. The standard InChI is InChI=1S/C15H20ClN3O/c1-9-13(16)17-14(10-5-6-10)18-15(9)19-7-8-20-12-4-2-3-11(12)19/h10-12H,2-8H2,1H3. The second-order valence-corrected chi connectivity index (χ2v) is 6.55.